The molecule has 0 radical (unpaired) electrons. The van der Waals surface area contributed by atoms with E-state index in [9.17, 15) is 13.2 Å². The maximum Gasteiger partial charge on any atom is 1.00 e. The smallest absolute Gasteiger partial charge is 0.542 e. The summed E-state index contributed by atoms with van der Waals surface area (Å²) in [4.78, 5) is 8.78. The molecule has 0 aliphatic heterocycles. The largest absolute Gasteiger partial charge is 1.00 e. The van der Waals surface area contributed by atoms with E-state index in [1.54, 1.807) is 0 Å². The maximum absolute atomic E-state index is 10.5. The third kappa shape index (κ3) is 22.4. The number of aliphatic carboxylic acids is 1. The SMILES string of the molecule is O=C([O-])C(F)(F)F.OB(O)O.[K+]. The van der Waals surface area contributed by atoms with Gasteiger partial charge in [0.1, 0.15) is 5.97 Å². The molecule has 0 unspecified atom stereocenters. The molecule has 66 valence electrons. The minimum atomic E-state index is -5.19. The Morgan fingerprint density at radius 1 is 1.25 bits per heavy atom. The van der Waals surface area contributed by atoms with E-state index in [1.807, 2.05) is 0 Å². The second-order valence-corrected chi connectivity index (χ2v) is 1.13. The Balaban J connectivity index is -0.000000142. The van der Waals surface area contributed by atoms with Gasteiger partial charge in [0.2, 0.25) is 0 Å². The first-order chi connectivity index (χ1) is 4.68. The van der Waals surface area contributed by atoms with Crippen molar-refractivity contribution < 1.29 is 89.5 Å². The molecule has 0 heterocycles. The fourth-order valence-corrected chi connectivity index (χ4v) is 0. The summed E-state index contributed by atoms with van der Waals surface area (Å²) in [6.45, 7) is 0. The Bertz CT molecular complexity index is 124. The predicted octanol–water partition coefficient (Wildman–Crippen LogP) is -5.75. The van der Waals surface area contributed by atoms with E-state index < -0.39 is 19.5 Å². The van der Waals surface area contributed by atoms with Crippen LogP contribution in [0.5, 0.6) is 0 Å². The zero-order valence-electron chi connectivity index (χ0n) is 5.87. The molecular formula is C2H3BF3KO5. The molecule has 0 aliphatic carbocycles. The first kappa shape index (κ1) is 18.6. The van der Waals surface area contributed by atoms with Crippen LogP contribution in [0.1, 0.15) is 0 Å². The number of carboxylic acids is 1. The first-order valence-electron chi connectivity index (χ1n) is 2.00. The summed E-state index contributed by atoms with van der Waals surface area (Å²) in [7, 11) is -2.17. The zero-order chi connectivity index (χ0) is 9.65. The van der Waals surface area contributed by atoms with Gasteiger partial charge in [-0.3, -0.25) is 0 Å². The van der Waals surface area contributed by atoms with Crippen molar-refractivity contribution in [2.45, 2.75) is 6.18 Å². The number of rotatable bonds is 0. The standard InChI is InChI=1S/C2HF3O2.BH3O3.K/c3-2(4,5)1(6)7;2-1(3)4;/h(H,6,7);2-4H;/q;;+1/p-1. The third-order valence-corrected chi connectivity index (χ3v) is 0.231. The van der Waals surface area contributed by atoms with Crippen LogP contribution in [-0.4, -0.2) is 34.5 Å². The quantitative estimate of drug-likeness (QED) is 0.349. The van der Waals surface area contributed by atoms with Crippen LogP contribution in [0.2, 0.25) is 0 Å². The van der Waals surface area contributed by atoms with Gasteiger partial charge in [0.25, 0.3) is 0 Å². The van der Waals surface area contributed by atoms with E-state index in [0.29, 0.717) is 0 Å². The summed E-state index contributed by atoms with van der Waals surface area (Å²) in [5.41, 5.74) is 0. The van der Waals surface area contributed by atoms with Crippen LogP contribution < -0.4 is 56.5 Å². The summed E-state index contributed by atoms with van der Waals surface area (Å²) in [5, 5.41) is 30.3. The molecule has 0 aromatic heterocycles. The van der Waals surface area contributed by atoms with Crippen LogP contribution in [0, 0.1) is 0 Å². The van der Waals surface area contributed by atoms with E-state index in [0.717, 1.165) is 0 Å². The molecule has 0 aromatic carbocycles. The predicted molar refractivity (Wildman–Crippen MR) is 23.5 cm³/mol. The Labute approximate surface area is 108 Å². The summed E-state index contributed by atoms with van der Waals surface area (Å²) in [5.74, 6) is -3.01. The van der Waals surface area contributed by atoms with E-state index in [-0.39, 0.29) is 51.4 Å². The van der Waals surface area contributed by atoms with Gasteiger partial charge < -0.3 is 25.0 Å². The molecule has 0 aromatic rings. The van der Waals surface area contributed by atoms with Crippen molar-refractivity contribution in [3.63, 3.8) is 0 Å². The Kier molecular flexibility index (Phi) is 13.1. The number of carbonyl (C=O) groups excluding carboxylic acids is 1. The number of carboxylic acid groups (broad SMARTS) is 1. The van der Waals surface area contributed by atoms with Crippen molar-refractivity contribution in [1.29, 1.82) is 0 Å². The third-order valence-electron chi connectivity index (χ3n) is 0.231. The van der Waals surface area contributed by atoms with Crippen molar-refractivity contribution in [2.75, 3.05) is 0 Å². The molecule has 0 atom stereocenters. The molecule has 5 nitrogen and oxygen atoms in total. The van der Waals surface area contributed by atoms with E-state index in [1.165, 1.54) is 0 Å². The van der Waals surface area contributed by atoms with Gasteiger partial charge in [0, 0.05) is 0 Å². The number of carbonyl (C=O) groups is 1. The minimum absolute atomic E-state index is 0. The van der Waals surface area contributed by atoms with Gasteiger partial charge in [-0.05, 0) is 0 Å². The first-order valence-corrected chi connectivity index (χ1v) is 2.00. The molecule has 0 saturated heterocycles. The van der Waals surface area contributed by atoms with Crippen molar-refractivity contribution in [3.05, 3.63) is 0 Å². The van der Waals surface area contributed by atoms with Gasteiger partial charge >= 0.3 is 64.9 Å². The fraction of sp³-hybridized carbons (Fsp3) is 0.500. The van der Waals surface area contributed by atoms with Crippen LogP contribution in [0.3, 0.4) is 0 Å². The average molecular weight is 214 g/mol. The number of halogens is 3. The van der Waals surface area contributed by atoms with E-state index >= 15 is 0 Å². The molecule has 12 heavy (non-hydrogen) atoms. The normalized spacial score (nSPS) is 8.83. The summed E-state index contributed by atoms with van der Waals surface area (Å²) < 4.78 is 31.5. The number of hydrogen-bond acceptors (Lipinski definition) is 5. The van der Waals surface area contributed by atoms with Crippen LogP contribution in [0.15, 0.2) is 0 Å². The van der Waals surface area contributed by atoms with E-state index in [4.69, 9.17) is 25.0 Å². The number of hydrogen-bond donors (Lipinski definition) is 3. The van der Waals surface area contributed by atoms with Crippen LogP contribution >= 0.6 is 0 Å². The molecule has 10 heteroatoms. The molecule has 3 N–H and O–H groups in total. The molecule has 0 fully saturated rings. The van der Waals surface area contributed by atoms with Crippen LogP contribution in [0.4, 0.5) is 13.2 Å². The summed E-state index contributed by atoms with van der Waals surface area (Å²) in [6.07, 6.45) is -5.19. The zero-order valence-corrected chi connectivity index (χ0v) is 8.99. The van der Waals surface area contributed by atoms with Gasteiger partial charge in [-0.15, -0.1) is 0 Å². The Hall–Kier alpha value is 0.841. The monoisotopic (exact) mass is 214 g/mol. The number of alkyl halides is 3. The molecular weight excluding hydrogens is 211 g/mol. The molecule has 0 bridgehead atoms. The maximum atomic E-state index is 10.5. The fourth-order valence-electron chi connectivity index (χ4n) is 0. The van der Waals surface area contributed by atoms with Crippen molar-refractivity contribution in [3.8, 4) is 0 Å². The molecule has 0 saturated carbocycles. The van der Waals surface area contributed by atoms with Gasteiger partial charge in [0.05, 0.1) is 0 Å². The average Bonchev–Trinajstić information content (AvgIpc) is 1.59. The molecule has 0 aliphatic rings. The van der Waals surface area contributed by atoms with Crippen LogP contribution in [0.25, 0.3) is 0 Å². The molecule has 0 rings (SSSR count). The second kappa shape index (κ2) is 8.44. The second-order valence-electron chi connectivity index (χ2n) is 1.13. The Morgan fingerprint density at radius 2 is 1.33 bits per heavy atom. The Morgan fingerprint density at radius 3 is 1.33 bits per heavy atom. The van der Waals surface area contributed by atoms with Crippen molar-refractivity contribution in [1.82, 2.24) is 0 Å². The minimum Gasteiger partial charge on any atom is -0.542 e. The summed E-state index contributed by atoms with van der Waals surface area (Å²) >= 11 is 0. The van der Waals surface area contributed by atoms with Crippen LogP contribution in [-0.2, 0) is 4.79 Å². The van der Waals surface area contributed by atoms with Gasteiger partial charge in [-0.2, -0.15) is 13.2 Å². The van der Waals surface area contributed by atoms with Gasteiger partial charge in [-0.25, -0.2) is 0 Å². The van der Waals surface area contributed by atoms with E-state index in [2.05, 4.69) is 0 Å². The molecule has 0 amide bonds. The van der Waals surface area contributed by atoms with Crippen molar-refractivity contribution in [2.24, 2.45) is 0 Å². The molecule has 0 spiro atoms. The van der Waals surface area contributed by atoms with Crippen molar-refractivity contribution >= 4 is 13.3 Å². The van der Waals surface area contributed by atoms with Gasteiger partial charge in [0.15, 0.2) is 0 Å². The van der Waals surface area contributed by atoms with Gasteiger partial charge in [-0.1, -0.05) is 0 Å². The topological polar surface area (TPSA) is 101 Å². The summed E-state index contributed by atoms with van der Waals surface area (Å²) in [6, 6.07) is 0.